The highest BCUT2D eigenvalue weighted by molar-refractivity contribution is 5.92. The first-order chi connectivity index (χ1) is 15.0. The first-order valence-electron chi connectivity index (χ1n) is 11.1. The molecule has 0 saturated carbocycles. The fourth-order valence-corrected chi connectivity index (χ4v) is 3.79. The zero-order chi connectivity index (χ0) is 22.1. The second kappa shape index (κ2) is 11.5. The van der Waals surface area contributed by atoms with Gasteiger partial charge >= 0.3 is 0 Å². The van der Waals surface area contributed by atoms with Gasteiger partial charge in [0.15, 0.2) is 0 Å². The molecule has 1 saturated heterocycles. The number of hydrogen-bond acceptors (Lipinski definition) is 3. The molecule has 0 aromatic heterocycles. The molecule has 1 heterocycles. The lowest BCUT2D eigenvalue weighted by Gasteiger charge is -2.30. The van der Waals surface area contributed by atoms with Gasteiger partial charge in [0.2, 0.25) is 11.8 Å². The number of rotatable bonds is 8. The number of nitrogens with zero attached hydrogens (tertiary/aromatic N) is 2. The molecule has 31 heavy (non-hydrogen) atoms. The number of carbonyl (C=O) groups excluding carboxylic acids is 2. The predicted octanol–water partition coefficient (Wildman–Crippen LogP) is 3.71. The Labute approximate surface area is 185 Å². The van der Waals surface area contributed by atoms with Crippen LogP contribution < -0.4 is 5.32 Å². The molecular weight excluding hydrogens is 386 g/mol. The van der Waals surface area contributed by atoms with Gasteiger partial charge in [0.1, 0.15) is 0 Å². The largest absolute Gasteiger partial charge is 0.352 e. The Morgan fingerprint density at radius 2 is 1.77 bits per heavy atom. The lowest BCUT2D eigenvalue weighted by molar-refractivity contribution is -0.132. The van der Waals surface area contributed by atoms with E-state index in [4.69, 9.17) is 0 Å². The lowest BCUT2D eigenvalue weighted by Crippen LogP contribution is -2.42. The van der Waals surface area contributed by atoms with Crippen molar-refractivity contribution in [3.63, 3.8) is 0 Å². The third kappa shape index (κ3) is 7.07. The van der Waals surface area contributed by atoms with Gasteiger partial charge in [0.25, 0.3) is 0 Å². The predicted molar refractivity (Wildman–Crippen MR) is 125 cm³/mol. The first-order valence-corrected chi connectivity index (χ1v) is 11.1. The van der Waals surface area contributed by atoms with E-state index in [1.807, 2.05) is 47.4 Å². The van der Waals surface area contributed by atoms with Crippen LogP contribution in [0.15, 0.2) is 60.7 Å². The van der Waals surface area contributed by atoms with Gasteiger partial charge in [-0.3, -0.25) is 9.59 Å². The Morgan fingerprint density at radius 3 is 2.48 bits per heavy atom. The van der Waals surface area contributed by atoms with Crippen molar-refractivity contribution in [1.82, 2.24) is 15.1 Å². The van der Waals surface area contributed by atoms with Crippen LogP contribution >= 0.6 is 0 Å². The summed E-state index contributed by atoms with van der Waals surface area (Å²) in [4.78, 5) is 29.1. The highest BCUT2D eigenvalue weighted by Crippen LogP contribution is 2.18. The summed E-state index contributed by atoms with van der Waals surface area (Å²) < 4.78 is 0. The number of piperidine rings is 1. The van der Waals surface area contributed by atoms with Gasteiger partial charge in [-0.15, -0.1) is 0 Å². The summed E-state index contributed by atoms with van der Waals surface area (Å²) in [6.45, 7) is 5.83. The fraction of sp³-hybridized carbons (Fsp3) is 0.385. The smallest absolute Gasteiger partial charge is 0.246 e. The van der Waals surface area contributed by atoms with E-state index in [-0.39, 0.29) is 17.7 Å². The average molecular weight is 420 g/mol. The maximum absolute atomic E-state index is 12.6. The molecule has 0 radical (unpaired) electrons. The maximum atomic E-state index is 12.6. The molecule has 1 fully saturated rings. The van der Waals surface area contributed by atoms with Gasteiger partial charge in [-0.05, 0) is 49.2 Å². The van der Waals surface area contributed by atoms with Crippen molar-refractivity contribution in [2.24, 2.45) is 5.92 Å². The zero-order valence-electron chi connectivity index (χ0n) is 18.6. The van der Waals surface area contributed by atoms with Crippen molar-refractivity contribution < 1.29 is 9.59 Å². The molecule has 0 aliphatic carbocycles. The molecular formula is C26H33N3O2. The normalized spacial score (nSPS) is 14.9. The van der Waals surface area contributed by atoms with E-state index in [2.05, 4.69) is 42.4 Å². The van der Waals surface area contributed by atoms with Crippen molar-refractivity contribution in [2.75, 3.05) is 26.7 Å². The third-order valence-electron chi connectivity index (χ3n) is 5.85. The topological polar surface area (TPSA) is 52.7 Å². The SMILES string of the molecule is CCN(C)Cc1cccc(CNC(=O)C2CCN(C(=O)/C=C/c3ccccc3)CC2)c1. The number of benzene rings is 2. The second-order valence-electron chi connectivity index (χ2n) is 8.21. The number of likely N-dealkylation sites (tertiary alicyclic amines) is 1. The van der Waals surface area contributed by atoms with E-state index in [0.29, 0.717) is 32.5 Å². The zero-order valence-corrected chi connectivity index (χ0v) is 18.6. The Hall–Kier alpha value is -2.92. The van der Waals surface area contributed by atoms with Gasteiger partial charge in [0.05, 0.1) is 0 Å². The minimum absolute atomic E-state index is 0.0107. The maximum Gasteiger partial charge on any atom is 0.246 e. The number of nitrogens with one attached hydrogen (secondary N) is 1. The molecule has 2 aromatic rings. The molecule has 164 valence electrons. The number of amides is 2. The molecule has 0 unspecified atom stereocenters. The Balaban J connectivity index is 1.43. The van der Waals surface area contributed by atoms with Gasteiger partial charge in [0, 0.05) is 38.2 Å². The van der Waals surface area contributed by atoms with Crippen LogP contribution in [0.25, 0.3) is 6.08 Å². The quantitative estimate of drug-likeness (QED) is 0.664. The van der Waals surface area contributed by atoms with E-state index >= 15 is 0 Å². The van der Waals surface area contributed by atoms with Crippen molar-refractivity contribution in [3.05, 3.63) is 77.4 Å². The Morgan fingerprint density at radius 1 is 1.06 bits per heavy atom. The standard InChI is InChI=1S/C26H33N3O2/c1-3-28(2)20-23-11-7-10-22(18-23)19-27-26(31)24-14-16-29(17-15-24)25(30)13-12-21-8-5-4-6-9-21/h4-13,18,24H,3,14-17,19-20H2,1-2H3,(H,27,31)/b13-12+. The molecule has 3 rings (SSSR count). The van der Waals surface area contributed by atoms with E-state index in [0.717, 1.165) is 24.2 Å². The van der Waals surface area contributed by atoms with Gasteiger partial charge in [-0.25, -0.2) is 0 Å². The summed E-state index contributed by atoms with van der Waals surface area (Å²) in [5.41, 5.74) is 3.39. The Kier molecular flexibility index (Phi) is 8.42. The third-order valence-corrected chi connectivity index (χ3v) is 5.85. The van der Waals surface area contributed by atoms with Crippen LogP contribution in [0.3, 0.4) is 0 Å². The molecule has 2 amide bonds. The van der Waals surface area contributed by atoms with E-state index in [1.165, 1.54) is 5.56 Å². The monoisotopic (exact) mass is 419 g/mol. The van der Waals surface area contributed by atoms with Crippen molar-refractivity contribution in [2.45, 2.75) is 32.9 Å². The number of hydrogen-bond donors (Lipinski definition) is 1. The van der Waals surface area contributed by atoms with Crippen LogP contribution in [0, 0.1) is 5.92 Å². The summed E-state index contributed by atoms with van der Waals surface area (Å²) in [5, 5.41) is 3.08. The first kappa shape index (κ1) is 22.8. The number of carbonyl (C=O) groups is 2. The van der Waals surface area contributed by atoms with Crippen LogP contribution in [0.5, 0.6) is 0 Å². The van der Waals surface area contributed by atoms with E-state index in [1.54, 1.807) is 6.08 Å². The van der Waals surface area contributed by atoms with Gasteiger partial charge in [-0.1, -0.05) is 61.5 Å². The van der Waals surface area contributed by atoms with Crippen LogP contribution in [-0.4, -0.2) is 48.3 Å². The minimum Gasteiger partial charge on any atom is -0.352 e. The van der Waals surface area contributed by atoms with Crippen LogP contribution in [0.2, 0.25) is 0 Å². The molecule has 0 bridgehead atoms. The Bertz CT molecular complexity index is 887. The molecule has 0 atom stereocenters. The molecule has 5 heteroatoms. The van der Waals surface area contributed by atoms with Crippen LogP contribution in [0.1, 0.15) is 36.5 Å². The second-order valence-corrected chi connectivity index (χ2v) is 8.21. The average Bonchev–Trinajstić information content (AvgIpc) is 2.82. The summed E-state index contributed by atoms with van der Waals surface area (Å²) >= 11 is 0. The van der Waals surface area contributed by atoms with E-state index < -0.39 is 0 Å². The molecule has 5 nitrogen and oxygen atoms in total. The highest BCUT2D eigenvalue weighted by Gasteiger charge is 2.26. The summed E-state index contributed by atoms with van der Waals surface area (Å²) in [6.07, 6.45) is 4.88. The molecule has 2 aromatic carbocycles. The van der Waals surface area contributed by atoms with Crippen molar-refractivity contribution in [1.29, 1.82) is 0 Å². The van der Waals surface area contributed by atoms with E-state index in [9.17, 15) is 9.59 Å². The highest BCUT2D eigenvalue weighted by atomic mass is 16.2. The van der Waals surface area contributed by atoms with Crippen LogP contribution in [0.4, 0.5) is 0 Å². The van der Waals surface area contributed by atoms with Gasteiger partial charge < -0.3 is 15.1 Å². The molecule has 1 aliphatic heterocycles. The summed E-state index contributed by atoms with van der Waals surface area (Å²) in [6, 6.07) is 18.2. The van der Waals surface area contributed by atoms with Crippen LogP contribution in [-0.2, 0) is 22.7 Å². The summed E-state index contributed by atoms with van der Waals surface area (Å²) in [7, 11) is 2.10. The molecule has 1 aliphatic rings. The summed E-state index contributed by atoms with van der Waals surface area (Å²) in [5.74, 6) is 0.0659. The minimum atomic E-state index is -0.0310. The fourth-order valence-electron chi connectivity index (χ4n) is 3.79. The van der Waals surface area contributed by atoms with Crippen molar-refractivity contribution >= 4 is 17.9 Å². The lowest BCUT2D eigenvalue weighted by atomic mass is 9.95. The van der Waals surface area contributed by atoms with Crippen molar-refractivity contribution in [3.8, 4) is 0 Å². The molecule has 0 spiro atoms. The molecule has 1 N–H and O–H groups in total. The van der Waals surface area contributed by atoms with Gasteiger partial charge in [-0.2, -0.15) is 0 Å².